The van der Waals surface area contributed by atoms with Gasteiger partial charge in [-0.15, -0.1) is 0 Å². The van der Waals surface area contributed by atoms with Gasteiger partial charge in [-0.25, -0.2) is 13.2 Å². The second-order valence-electron chi connectivity index (χ2n) is 10.4. The first-order valence-corrected chi connectivity index (χ1v) is 13.9. The molecule has 0 fully saturated rings. The molecule has 9 heteroatoms. The lowest BCUT2D eigenvalue weighted by Crippen LogP contribution is -2.52. The van der Waals surface area contributed by atoms with E-state index >= 15 is 0 Å². The average Bonchev–Trinajstić information content (AvgIpc) is 2.81. The summed E-state index contributed by atoms with van der Waals surface area (Å²) in [5.41, 5.74) is 1.07. The van der Waals surface area contributed by atoms with Crippen LogP contribution in [0.4, 0.5) is 4.79 Å². The van der Waals surface area contributed by atoms with Crippen LogP contribution in [-0.2, 0) is 21.2 Å². The second-order valence-corrected chi connectivity index (χ2v) is 12.4. The van der Waals surface area contributed by atoms with Crippen molar-refractivity contribution in [3.8, 4) is 6.07 Å². The summed E-state index contributed by atoms with van der Waals surface area (Å²) < 4.78 is 33.9. The Morgan fingerprint density at radius 3 is 2.30 bits per heavy atom. The smallest absolute Gasteiger partial charge is 0.407 e. The van der Waals surface area contributed by atoms with Crippen LogP contribution in [-0.4, -0.2) is 54.8 Å². The lowest BCUT2D eigenvalue weighted by Gasteiger charge is -2.31. The Hall–Kier alpha value is -2.93. The number of nitriles is 1. The topological polar surface area (TPSA) is 120 Å². The molecule has 0 spiro atoms. The molecule has 2 aromatic rings. The van der Waals surface area contributed by atoms with Crippen LogP contribution in [0.3, 0.4) is 0 Å². The van der Waals surface area contributed by atoms with Crippen LogP contribution >= 0.6 is 0 Å². The maximum Gasteiger partial charge on any atom is 0.407 e. The predicted molar refractivity (Wildman–Crippen MR) is 143 cm³/mol. The molecule has 0 aromatic heterocycles. The molecule has 8 nitrogen and oxygen atoms in total. The summed E-state index contributed by atoms with van der Waals surface area (Å²) >= 11 is 0. The molecule has 3 atom stereocenters. The Bertz CT molecular complexity index is 1140. The van der Waals surface area contributed by atoms with Crippen molar-refractivity contribution in [2.24, 2.45) is 5.92 Å². The van der Waals surface area contributed by atoms with Gasteiger partial charge in [0, 0.05) is 19.5 Å². The number of hydrogen-bond acceptors (Lipinski definition) is 6. The lowest BCUT2D eigenvalue weighted by atomic mass is 10.0. The fraction of sp³-hybridized carbons (Fsp3) is 0.500. The molecular formula is C28H39N3O5S. The van der Waals surface area contributed by atoms with E-state index in [0.717, 1.165) is 11.1 Å². The van der Waals surface area contributed by atoms with Gasteiger partial charge >= 0.3 is 6.09 Å². The van der Waals surface area contributed by atoms with E-state index in [1.807, 2.05) is 44.2 Å². The molecule has 2 N–H and O–H groups in total. The third-order valence-corrected chi connectivity index (χ3v) is 7.62. The monoisotopic (exact) mass is 529 g/mol. The minimum atomic E-state index is -3.95. The van der Waals surface area contributed by atoms with Crippen molar-refractivity contribution in [2.75, 3.05) is 13.1 Å². The molecule has 37 heavy (non-hydrogen) atoms. The van der Waals surface area contributed by atoms with Crippen molar-refractivity contribution in [1.82, 2.24) is 9.62 Å². The Morgan fingerprint density at radius 1 is 1.11 bits per heavy atom. The Balaban J connectivity index is 2.35. The van der Waals surface area contributed by atoms with Crippen molar-refractivity contribution >= 4 is 16.1 Å². The average molecular weight is 530 g/mol. The molecule has 0 bridgehead atoms. The van der Waals surface area contributed by atoms with Crippen LogP contribution < -0.4 is 5.32 Å². The Kier molecular flexibility index (Phi) is 11.1. The first-order chi connectivity index (χ1) is 17.3. The number of aryl methyl sites for hydroxylation is 1. The number of aliphatic hydroxyl groups is 1. The molecular weight excluding hydrogens is 490 g/mol. The zero-order valence-electron chi connectivity index (χ0n) is 22.3. The summed E-state index contributed by atoms with van der Waals surface area (Å²) in [5, 5.41) is 23.0. The van der Waals surface area contributed by atoms with Gasteiger partial charge < -0.3 is 15.2 Å². The third kappa shape index (κ3) is 10.2. The summed E-state index contributed by atoms with van der Waals surface area (Å²) in [6, 6.07) is 17.2. The zero-order chi connectivity index (χ0) is 27.6. The zero-order valence-corrected chi connectivity index (χ0v) is 23.2. The van der Waals surface area contributed by atoms with E-state index in [0.29, 0.717) is 12.8 Å². The highest BCUT2D eigenvalue weighted by Crippen LogP contribution is 2.21. The van der Waals surface area contributed by atoms with Gasteiger partial charge in [-0.2, -0.15) is 9.57 Å². The number of hydrogen-bond donors (Lipinski definition) is 2. The van der Waals surface area contributed by atoms with E-state index in [1.54, 1.807) is 45.0 Å². The predicted octanol–water partition coefficient (Wildman–Crippen LogP) is 4.42. The van der Waals surface area contributed by atoms with Crippen molar-refractivity contribution in [3.05, 3.63) is 65.7 Å². The van der Waals surface area contributed by atoms with Gasteiger partial charge in [0.25, 0.3) is 0 Å². The van der Waals surface area contributed by atoms with Gasteiger partial charge in [0.2, 0.25) is 10.0 Å². The quantitative estimate of drug-likeness (QED) is 0.420. The van der Waals surface area contributed by atoms with Crippen molar-refractivity contribution in [2.45, 2.75) is 76.5 Å². The number of rotatable bonds is 12. The number of ether oxygens (including phenoxy) is 1. The van der Waals surface area contributed by atoms with E-state index in [4.69, 9.17) is 10.00 Å². The van der Waals surface area contributed by atoms with Gasteiger partial charge in [-0.05, 0) is 64.2 Å². The number of sulfonamides is 1. The van der Waals surface area contributed by atoms with Gasteiger partial charge in [0.15, 0.2) is 0 Å². The first-order valence-electron chi connectivity index (χ1n) is 12.5. The van der Waals surface area contributed by atoms with Crippen molar-refractivity contribution in [1.29, 1.82) is 5.26 Å². The fourth-order valence-corrected chi connectivity index (χ4v) is 5.40. The highest BCUT2D eigenvalue weighted by atomic mass is 32.2. The van der Waals surface area contributed by atoms with Gasteiger partial charge in [0.1, 0.15) is 5.60 Å². The molecule has 0 saturated heterocycles. The molecule has 0 radical (unpaired) electrons. The molecule has 0 saturated carbocycles. The largest absolute Gasteiger partial charge is 0.444 e. The number of carbonyl (C=O) groups excluding carboxylic acids is 1. The number of amides is 1. The highest BCUT2D eigenvalue weighted by molar-refractivity contribution is 7.89. The van der Waals surface area contributed by atoms with Crippen molar-refractivity contribution in [3.63, 3.8) is 0 Å². The highest BCUT2D eigenvalue weighted by Gasteiger charge is 2.32. The van der Waals surface area contributed by atoms with E-state index < -0.39 is 33.9 Å². The molecule has 0 aliphatic rings. The minimum Gasteiger partial charge on any atom is -0.444 e. The van der Waals surface area contributed by atoms with E-state index in [1.165, 1.54) is 4.31 Å². The first kappa shape index (κ1) is 30.3. The summed E-state index contributed by atoms with van der Waals surface area (Å²) in [6.07, 6.45) is -0.808. The molecule has 0 aliphatic carbocycles. The van der Waals surface area contributed by atoms with Gasteiger partial charge in [0.05, 0.1) is 23.1 Å². The second kappa shape index (κ2) is 13.6. The van der Waals surface area contributed by atoms with Crippen molar-refractivity contribution < 1.29 is 23.1 Å². The van der Waals surface area contributed by atoms with Crippen LogP contribution in [0.1, 0.15) is 51.7 Å². The number of nitrogens with one attached hydrogen (secondary N) is 1. The maximum absolute atomic E-state index is 13.6. The summed E-state index contributed by atoms with van der Waals surface area (Å²) in [4.78, 5) is 12.7. The SMILES string of the molecule is Cc1ccc(S(=O)(=O)N(CC(C)CCC#N)CC(O)C(Cc2ccccc2)NC(=O)OC(C)(C)C)cc1. The molecule has 2 rings (SSSR count). The van der Waals surface area contributed by atoms with Gasteiger partial charge in [-0.1, -0.05) is 55.0 Å². The van der Waals surface area contributed by atoms with E-state index in [2.05, 4.69) is 11.4 Å². The number of aliphatic hydroxyl groups excluding tert-OH is 1. The van der Waals surface area contributed by atoms with Crippen LogP contribution in [0.25, 0.3) is 0 Å². The fourth-order valence-electron chi connectivity index (χ4n) is 3.83. The van der Waals surface area contributed by atoms with Gasteiger partial charge in [-0.3, -0.25) is 0 Å². The molecule has 0 heterocycles. The standard InChI is InChI=1S/C28H39N3O5S/c1-21-13-15-24(16-14-21)37(34,35)31(19-22(2)10-9-17-29)20-26(32)25(18-23-11-7-6-8-12-23)30-27(33)36-28(3,4)5/h6-8,11-16,22,25-26,32H,9-10,18-20H2,1-5H3,(H,30,33). The summed E-state index contributed by atoms with van der Waals surface area (Å²) in [6.45, 7) is 8.87. The Morgan fingerprint density at radius 2 is 1.73 bits per heavy atom. The molecule has 202 valence electrons. The lowest BCUT2D eigenvalue weighted by molar-refractivity contribution is 0.0399. The maximum atomic E-state index is 13.6. The summed E-state index contributed by atoms with van der Waals surface area (Å²) in [7, 11) is -3.95. The number of benzene rings is 2. The molecule has 1 amide bonds. The Labute approximate surface area is 221 Å². The molecule has 3 unspecified atom stereocenters. The van der Waals surface area contributed by atoms with Crippen LogP contribution in [0.15, 0.2) is 59.5 Å². The minimum absolute atomic E-state index is 0.113. The van der Waals surface area contributed by atoms with E-state index in [9.17, 15) is 18.3 Å². The molecule has 0 aliphatic heterocycles. The van der Waals surface area contributed by atoms with Crippen LogP contribution in [0.5, 0.6) is 0 Å². The number of nitrogens with zero attached hydrogens (tertiary/aromatic N) is 2. The third-order valence-electron chi connectivity index (χ3n) is 5.78. The van der Waals surface area contributed by atoms with Crippen LogP contribution in [0, 0.1) is 24.2 Å². The number of carbonyl (C=O) groups is 1. The number of alkyl carbamates (subject to hydrolysis) is 1. The van der Waals surface area contributed by atoms with Crippen LogP contribution in [0.2, 0.25) is 0 Å². The summed E-state index contributed by atoms with van der Waals surface area (Å²) in [5.74, 6) is -0.113. The molecule has 2 aromatic carbocycles. The van der Waals surface area contributed by atoms with E-state index in [-0.39, 0.29) is 30.3 Å². The normalized spacial score (nSPS) is 14.4.